The number of rotatable bonds is 4. The number of fused-ring (bicyclic) bond motifs is 2. The minimum atomic E-state index is 0. The summed E-state index contributed by atoms with van der Waals surface area (Å²) in [7, 11) is 0. The van der Waals surface area contributed by atoms with Gasteiger partial charge in [0.2, 0.25) is 5.91 Å². The van der Waals surface area contributed by atoms with Gasteiger partial charge in [-0.15, -0.1) is 12.4 Å². The molecule has 0 aromatic heterocycles. The van der Waals surface area contributed by atoms with Gasteiger partial charge < -0.3 is 10.2 Å². The molecule has 22 heavy (non-hydrogen) atoms. The van der Waals surface area contributed by atoms with E-state index in [-0.39, 0.29) is 18.3 Å². The number of amides is 1. The summed E-state index contributed by atoms with van der Waals surface area (Å²) in [5.41, 5.74) is 1.18. The topological polar surface area (TPSA) is 32.3 Å². The number of halogens is 1. The summed E-state index contributed by atoms with van der Waals surface area (Å²) < 4.78 is 0. The van der Waals surface area contributed by atoms with Crippen molar-refractivity contribution < 1.29 is 4.79 Å². The van der Waals surface area contributed by atoms with Crippen molar-refractivity contribution in [1.29, 1.82) is 0 Å². The first-order valence-corrected chi connectivity index (χ1v) is 8.39. The summed E-state index contributed by atoms with van der Waals surface area (Å²) in [6, 6.07) is 11.2. The standard InChI is InChI=1S/C18H26N2O.ClH/c1-2-6-17(14-7-4-3-5-8-14)18(21)20-15-9-10-16(20)13-19-12-11-15;/h3-5,7-8,15-17,19H,2,6,9-13H2,1H3;1H. The molecule has 0 aliphatic carbocycles. The molecule has 2 fully saturated rings. The van der Waals surface area contributed by atoms with Crippen molar-refractivity contribution in [3.63, 3.8) is 0 Å². The van der Waals surface area contributed by atoms with Crippen LogP contribution in [-0.4, -0.2) is 36.0 Å². The predicted octanol–water partition coefficient (Wildman–Crippen LogP) is 3.35. The summed E-state index contributed by atoms with van der Waals surface area (Å²) in [5, 5.41) is 3.48. The highest BCUT2D eigenvalue weighted by molar-refractivity contribution is 5.85. The van der Waals surface area contributed by atoms with Gasteiger partial charge in [-0.2, -0.15) is 0 Å². The van der Waals surface area contributed by atoms with Crippen LogP contribution in [0.1, 0.15) is 50.5 Å². The van der Waals surface area contributed by atoms with Gasteiger partial charge >= 0.3 is 0 Å². The van der Waals surface area contributed by atoms with E-state index in [1.165, 1.54) is 12.0 Å². The molecule has 122 valence electrons. The average Bonchev–Trinajstić information content (AvgIpc) is 2.78. The third kappa shape index (κ3) is 3.47. The van der Waals surface area contributed by atoms with Gasteiger partial charge in [-0.1, -0.05) is 43.7 Å². The van der Waals surface area contributed by atoms with Crippen molar-refractivity contribution in [2.45, 2.75) is 57.0 Å². The lowest BCUT2D eigenvalue weighted by Gasteiger charge is -2.32. The van der Waals surface area contributed by atoms with E-state index in [0.29, 0.717) is 18.0 Å². The molecule has 3 nitrogen and oxygen atoms in total. The molecule has 0 saturated carbocycles. The number of carbonyl (C=O) groups is 1. The van der Waals surface area contributed by atoms with Gasteiger partial charge in [0.25, 0.3) is 0 Å². The first-order chi connectivity index (χ1) is 10.3. The van der Waals surface area contributed by atoms with Crippen molar-refractivity contribution in [1.82, 2.24) is 10.2 Å². The highest BCUT2D eigenvalue weighted by Gasteiger charge is 2.40. The van der Waals surface area contributed by atoms with E-state index in [4.69, 9.17) is 0 Å². The number of nitrogens with one attached hydrogen (secondary N) is 1. The molecule has 2 aliphatic heterocycles. The summed E-state index contributed by atoms with van der Waals surface area (Å²) in [5.74, 6) is 0.400. The molecule has 0 spiro atoms. The van der Waals surface area contributed by atoms with Crippen molar-refractivity contribution >= 4 is 18.3 Å². The van der Waals surface area contributed by atoms with Crippen molar-refractivity contribution in [3.05, 3.63) is 35.9 Å². The Kier molecular flexibility index (Phi) is 6.27. The molecule has 2 heterocycles. The van der Waals surface area contributed by atoms with Crippen LogP contribution < -0.4 is 5.32 Å². The van der Waals surface area contributed by atoms with Crippen LogP contribution in [0, 0.1) is 0 Å². The molecular weight excluding hydrogens is 296 g/mol. The van der Waals surface area contributed by atoms with Crippen LogP contribution in [0.3, 0.4) is 0 Å². The van der Waals surface area contributed by atoms with Crippen molar-refractivity contribution in [2.24, 2.45) is 0 Å². The third-order valence-electron chi connectivity index (χ3n) is 4.99. The van der Waals surface area contributed by atoms with Crippen LogP contribution in [0.15, 0.2) is 30.3 Å². The van der Waals surface area contributed by atoms with Crippen LogP contribution in [0.25, 0.3) is 0 Å². The minimum absolute atomic E-state index is 0. The Bertz CT molecular complexity index is 465. The van der Waals surface area contributed by atoms with Gasteiger partial charge in [0, 0.05) is 18.6 Å². The van der Waals surface area contributed by atoms with Gasteiger partial charge in [-0.25, -0.2) is 0 Å². The monoisotopic (exact) mass is 322 g/mol. The van der Waals surface area contributed by atoms with Crippen LogP contribution in [0.5, 0.6) is 0 Å². The quantitative estimate of drug-likeness (QED) is 0.922. The second-order valence-electron chi connectivity index (χ2n) is 6.38. The SMILES string of the molecule is CCCC(C(=O)N1C2CCNCC1CC2)c1ccccc1.Cl. The van der Waals surface area contributed by atoms with Gasteiger partial charge in [-0.3, -0.25) is 4.79 Å². The fourth-order valence-electron chi connectivity index (χ4n) is 3.93. The summed E-state index contributed by atoms with van der Waals surface area (Å²) in [4.78, 5) is 15.4. The fourth-order valence-corrected chi connectivity index (χ4v) is 3.93. The van der Waals surface area contributed by atoms with Crippen LogP contribution in [0.2, 0.25) is 0 Å². The maximum atomic E-state index is 13.2. The number of nitrogens with zero attached hydrogens (tertiary/aromatic N) is 1. The molecule has 1 N–H and O–H groups in total. The Morgan fingerprint density at radius 2 is 1.95 bits per heavy atom. The maximum Gasteiger partial charge on any atom is 0.230 e. The Hall–Kier alpha value is -1.06. The van der Waals surface area contributed by atoms with Crippen LogP contribution >= 0.6 is 12.4 Å². The van der Waals surface area contributed by atoms with E-state index in [1.54, 1.807) is 0 Å². The molecule has 1 amide bonds. The number of carbonyl (C=O) groups excluding carboxylic acids is 1. The van der Waals surface area contributed by atoms with E-state index in [9.17, 15) is 4.79 Å². The molecule has 1 aromatic rings. The van der Waals surface area contributed by atoms with Gasteiger partial charge in [0.15, 0.2) is 0 Å². The zero-order valence-corrected chi connectivity index (χ0v) is 14.1. The van der Waals surface area contributed by atoms with Gasteiger partial charge in [-0.05, 0) is 37.8 Å². The Labute approximate surface area is 139 Å². The van der Waals surface area contributed by atoms with E-state index in [2.05, 4.69) is 29.3 Å². The molecule has 4 heteroatoms. The molecule has 0 radical (unpaired) electrons. The Morgan fingerprint density at radius 1 is 1.23 bits per heavy atom. The zero-order valence-electron chi connectivity index (χ0n) is 13.3. The molecule has 2 saturated heterocycles. The average molecular weight is 323 g/mol. The van der Waals surface area contributed by atoms with Crippen molar-refractivity contribution in [2.75, 3.05) is 13.1 Å². The van der Waals surface area contributed by atoms with E-state index in [0.717, 1.165) is 38.8 Å². The van der Waals surface area contributed by atoms with E-state index >= 15 is 0 Å². The summed E-state index contributed by atoms with van der Waals surface area (Å²) in [6.45, 7) is 4.19. The predicted molar refractivity (Wildman–Crippen MR) is 92.5 cm³/mol. The lowest BCUT2D eigenvalue weighted by Crippen LogP contribution is -2.44. The Balaban J connectivity index is 0.00000176. The molecule has 2 bridgehead atoms. The third-order valence-corrected chi connectivity index (χ3v) is 4.99. The highest BCUT2D eigenvalue weighted by Crippen LogP contribution is 2.33. The summed E-state index contributed by atoms with van der Waals surface area (Å²) in [6.07, 6.45) is 5.46. The first-order valence-electron chi connectivity index (χ1n) is 8.39. The second-order valence-corrected chi connectivity index (χ2v) is 6.38. The number of benzene rings is 1. The second kappa shape index (κ2) is 7.98. The van der Waals surface area contributed by atoms with Crippen LogP contribution in [-0.2, 0) is 4.79 Å². The van der Waals surface area contributed by atoms with E-state index < -0.39 is 0 Å². The highest BCUT2D eigenvalue weighted by atomic mass is 35.5. The molecule has 3 atom stereocenters. The summed E-state index contributed by atoms with van der Waals surface area (Å²) >= 11 is 0. The lowest BCUT2D eigenvalue weighted by atomic mass is 9.92. The molecular formula is C18H27ClN2O. The Morgan fingerprint density at radius 3 is 2.68 bits per heavy atom. The van der Waals surface area contributed by atoms with Gasteiger partial charge in [0.05, 0.1) is 5.92 Å². The normalized spacial score (nSPS) is 25.2. The van der Waals surface area contributed by atoms with Crippen LogP contribution in [0.4, 0.5) is 0 Å². The maximum absolute atomic E-state index is 13.2. The molecule has 3 unspecified atom stereocenters. The van der Waals surface area contributed by atoms with Gasteiger partial charge in [0.1, 0.15) is 0 Å². The largest absolute Gasteiger partial charge is 0.335 e. The molecule has 3 rings (SSSR count). The fraction of sp³-hybridized carbons (Fsp3) is 0.611. The molecule has 2 aliphatic rings. The first kappa shape index (κ1) is 17.3. The zero-order chi connectivity index (χ0) is 14.7. The van der Waals surface area contributed by atoms with E-state index in [1.807, 2.05) is 18.2 Å². The van der Waals surface area contributed by atoms with Crippen molar-refractivity contribution in [3.8, 4) is 0 Å². The minimum Gasteiger partial charge on any atom is -0.335 e. The number of hydrogen-bond acceptors (Lipinski definition) is 2. The molecule has 1 aromatic carbocycles. The number of hydrogen-bond donors (Lipinski definition) is 1. The lowest BCUT2D eigenvalue weighted by molar-refractivity contribution is -0.135. The smallest absolute Gasteiger partial charge is 0.230 e.